The van der Waals surface area contributed by atoms with Crippen LogP contribution < -0.4 is 5.32 Å². The minimum absolute atomic E-state index is 0.0800. The van der Waals surface area contributed by atoms with E-state index in [-0.39, 0.29) is 24.0 Å². The van der Waals surface area contributed by atoms with Crippen LogP contribution in [-0.2, 0) is 20.7 Å². The number of benzene rings is 1. The van der Waals surface area contributed by atoms with Gasteiger partial charge in [-0.3, -0.25) is 9.59 Å². The topological polar surface area (TPSA) is 58.6 Å². The van der Waals surface area contributed by atoms with Crippen LogP contribution in [0.3, 0.4) is 0 Å². The van der Waals surface area contributed by atoms with Crippen molar-refractivity contribution in [3.63, 3.8) is 0 Å². The normalized spacial score (nSPS) is 17.2. The van der Waals surface area contributed by atoms with Crippen LogP contribution in [0.25, 0.3) is 0 Å². The van der Waals surface area contributed by atoms with Crippen molar-refractivity contribution in [3.05, 3.63) is 42.5 Å². The van der Waals surface area contributed by atoms with Gasteiger partial charge in [-0.2, -0.15) is 0 Å². The van der Waals surface area contributed by atoms with Crippen molar-refractivity contribution in [3.8, 4) is 0 Å². The Kier molecular flexibility index (Phi) is 7.19. The van der Waals surface area contributed by atoms with Crippen molar-refractivity contribution in [1.29, 1.82) is 0 Å². The first kappa shape index (κ1) is 19.2. The van der Waals surface area contributed by atoms with Crippen LogP contribution in [-0.4, -0.2) is 42.0 Å². The number of amides is 2. The van der Waals surface area contributed by atoms with E-state index < -0.39 is 0 Å². The second kappa shape index (κ2) is 9.37. The standard InChI is InChI=1S/C20H28N2O3/c1-4-19(23)21-17-9-7-8-16(12-17)13-20(24)22(15(2)3)14-18-10-5-6-11-25-18/h4,7-9,12,15,18H,1,5-6,10-11,13-14H2,2-3H3,(H,21,23). The van der Waals surface area contributed by atoms with Gasteiger partial charge in [0.1, 0.15) is 0 Å². The molecule has 0 radical (unpaired) electrons. The van der Waals surface area contributed by atoms with E-state index in [1.54, 1.807) is 6.07 Å². The SMILES string of the molecule is C=CC(=O)Nc1cccc(CC(=O)N(CC2CCCCO2)C(C)C)c1. The monoisotopic (exact) mass is 344 g/mol. The van der Waals surface area contributed by atoms with E-state index in [0.29, 0.717) is 18.7 Å². The third-order valence-corrected chi connectivity index (χ3v) is 4.35. The summed E-state index contributed by atoms with van der Waals surface area (Å²) in [5.74, 6) is -0.182. The Morgan fingerprint density at radius 2 is 2.20 bits per heavy atom. The van der Waals surface area contributed by atoms with Gasteiger partial charge in [-0.1, -0.05) is 18.7 Å². The van der Waals surface area contributed by atoms with Crippen molar-refractivity contribution in [2.45, 2.75) is 51.7 Å². The molecule has 0 aromatic heterocycles. The average Bonchev–Trinajstić information content (AvgIpc) is 2.60. The zero-order valence-electron chi connectivity index (χ0n) is 15.2. The summed E-state index contributed by atoms with van der Waals surface area (Å²) >= 11 is 0. The molecule has 5 nitrogen and oxygen atoms in total. The Balaban J connectivity index is 2.00. The largest absolute Gasteiger partial charge is 0.376 e. The number of hydrogen-bond acceptors (Lipinski definition) is 3. The molecule has 2 amide bonds. The Bertz CT molecular complexity index is 607. The van der Waals surface area contributed by atoms with E-state index in [2.05, 4.69) is 11.9 Å². The molecule has 1 aliphatic rings. The predicted molar refractivity (Wildman–Crippen MR) is 99.4 cm³/mol. The van der Waals surface area contributed by atoms with E-state index in [1.165, 1.54) is 6.08 Å². The molecule has 1 saturated heterocycles. The van der Waals surface area contributed by atoms with Crippen molar-refractivity contribution in [2.75, 3.05) is 18.5 Å². The number of nitrogens with one attached hydrogen (secondary N) is 1. The van der Waals surface area contributed by atoms with Gasteiger partial charge in [0.25, 0.3) is 0 Å². The first-order chi connectivity index (χ1) is 12.0. The molecule has 1 atom stereocenters. The molecule has 1 fully saturated rings. The Labute approximate surface area is 150 Å². The summed E-state index contributed by atoms with van der Waals surface area (Å²) in [5, 5.41) is 2.72. The zero-order valence-corrected chi connectivity index (χ0v) is 15.2. The number of ether oxygens (including phenoxy) is 1. The van der Waals surface area contributed by atoms with Gasteiger partial charge in [0.05, 0.1) is 12.5 Å². The van der Waals surface area contributed by atoms with Gasteiger partial charge in [-0.25, -0.2) is 0 Å². The Morgan fingerprint density at radius 1 is 1.40 bits per heavy atom. The molecule has 5 heteroatoms. The summed E-state index contributed by atoms with van der Waals surface area (Å²) in [5.41, 5.74) is 1.55. The van der Waals surface area contributed by atoms with E-state index in [1.807, 2.05) is 36.9 Å². The van der Waals surface area contributed by atoms with Crippen LogP contribution in [0.1, 0.15) is 38.7 Å². The van der Waals surface area contributed by atoms with Crippen LogP contribution in [0, 0.1) is 0 Å². The average molecular weight is 344 g/mol. The van der Waals surface area contributed by atoms with Crippen molar-refractivity contribution in [1.82, 2.24) is 4.90 Å². The van der Waals surface area contributed by atoms with Gasteiger partial charge in [0.2, 0.25) is 11.8 Å². The molecular weight excluding hydrogens is 316 g/mol. The molecule has 1 aromatic rings. The lowest BCUT2D eigenvalue weighted by molar-refractivity contribution is -0.135. The molecule has 1 heterocycles. The maximum Gasteiger partial charge on any atom is 0.247 e. The molecule has 1 aromatic carbocycles. The summed E-state index contributed by atoms with van der Waals surface area (Å²) in [7, 11) is 0. The number of carbonyl (C=O) groups excluding carboxylic acids is 2. The van der Waals surface area contributed by atoms with Gasteiger partial charge in [0, 0.05) is 24.9 Å². The van der Waals surface area contributed by atoms with Crippen molar-refractivity contribution < 1.29 is 14.3 Å². The van der Waals surface area contributed by atoms with E-state index in [0.717, 1.165) is 31.4 Å². The quantitative estimate of drug-likeness (QED) is 0.773. The molecule has 25 heavy (non-hydrogen) atoms. The third kappa shape index (κ3) is 6.02. The Morgan fingerprint density at radius 3 is 2.84 bits per heavy atom. The maximum atomic E-state index is 12.8. The van der Waals surface area contributed by atoms with Crippen LogP contribution >= 0.6 is 0 Å². The minimum atomic E-state index is -0.262. The molecule has 0 spiro atoms. The number of anilines is 1. The van der Waals surface area contributed by atoms with Crippen LogP contribution in [0.4, 0.5) is 5.69 Å². The Hall–Kier alpha value is -2.14. The number of hydrogen-bond donors (Lipinski definition) is 1. The summed E-state index contributed by atoms with van der Waals surface area (Å²) in [6, 6.07) is 7.49. The highest BCUT2D eigenvalue weighted by atomic mass is 16.5. The van der Waals surface area contributed by atoms with Gasteiger partial charge < -0.3 is 15.0 Å². The molecule has 1 N–H and O–H groups in total. The molecule has 136 valence electrons. The third-order valence-electron chi connectivity index (χ3n) is 4.35. The highest BCUT2D eigenvalue weighted by Crippen LogP contribution is 2.17. The first-order valence-corrected chi connectivity index (χ1v) is 8.93. The molecule has 1 unspecified atom stereocenters. The van der Waals surface area contributed by atoms with Crippen LogP contribution in [0.2, 0.25) is 0 Å². The molecule has 0 bridgehead atoms. The molecule has 0 aliphatic carbocycles. The van der Waals surface area contributed by atoms with Crippen LogP contribution in [0.5, 0.6) is 0 Å². The van der Waals surface area contributed by atoms with Gasteiger partial charge in [-0.05, 0) is 56.9 Å². The maximum absolute atomic E-state index is 12.8. The molecule has 0 saturated carbocycles. The fourth-order valence-electron chi connectivity index (χ4n) is 3.00. The first-order valence-electron chi connectivity index (χ1n) is 8.93. The zero-order chi connectivity index (χ0) is 18.2. The second-order valence-corrected chi connectivity index (χ2v) is 6.70. The smallest absolute Gasteiger partial charge is 0.247 e. The molecular formula is C20H28N2O3. The summed E-state index contributed by atoms with van der Waals surface area (Å²) in [4.78, 5) is 26.1. The number of rotatable bonds is 7. The number of carbonyl (C=O) groups is 2. The summed E-state index contributed by atoms with van der Waals surface area (Å²) < 4.78 is 5.78. The van der Waals surface area contributed by atoms with E-state index in [4.69, 9.17) is 4.74 Å². The van der Waals surface area contributed by atoms with Crippen LogP contribution in [0.15, 0.2) is 36.9 Å². The van der Waals surface area contributed by atoms with E-state index in [9.17, 15) is 9.59 Å². The highest BCUT2D eigenvalue weighted by molar-refractivity contribution is 5.98. The van der Waals surface area contributed by atoms with Gasteiger partial charge in [0.15, 0.2) is 0 Å². The lowest BCUT2D eigenvalue weighted by Crippen LogP contribution is -2.44. The minimum Gasteiger partial charge on any atom is -0.376 e. The lowest BCUT2D eigenvalue weighted by Gasteiger charge is -2.32. The molecule has 2 rings (SSSR count). The molecule has 1 aliphatic heterocycles. The second-order valence-electron chi connectivity index (χ2n) is 6.70. The van der Waals surface area contributed by atoms with Crippen molar-refractivity contribution in [2.24, 2.45) is 0 Å². The number of nitrogens with zero attached hydrogens (tertiary/aromatic N) is 1. The summed E-state index contributed by atoms with van der Waals surface area (Å²) in [6.07, 6.45) is 4.95. The van der Waals surface area contributed by atoms with Crippen molar-refractivity contribution >= 4 is 17.5 Å². The van der Waals surface area contributed by atoms with Gasteiger partial charge >= 0.3 is 0 Å². The van der Waals surface area contributed by atoms with Gasteiger partial charge in [-0.15, -0.1) is 0 Å². The summed E-state index contributed by atoms with van der Waals surface area (Å²) in [6.45, 7) is 8.93. The van der Waals surface area contributed by atoms with E-state index >= 15 is 0 Å². The fraction of sp³-hybridized carbons (Fsp3) is 0.500. The fourth-order valence-corrected chi connectivity index (χ4v) is 3.00. The predicted octanol–water partition coefficient (Wildman–Crippen LogP) is 3.16. The highest BCUT2D eigenvalue weighted by Gasteiger charge is 2.23. The lowest BCUT2D eigenvalue weighted by atomic mass is 10.1.